The molecule has 1 N–H and O–H groups in total. The second-order valence-electron chi connectivity index (χ2n) is 4.29. The highest BCUT2D eigenvalue weighted by Gasteiger charge is 2.08. The molecular weight excluding hydrogens is 267 g/mol. The number of carbonyl (C=O) groups is 1. The van der Waals surface area contributed by atoms with E-state index in [0.29, 0.717) is 5.56 Å². The number of nitrogens with one attached hydrogen (secondary N) is 1. The summed E-state index contributed by atoms with van der Waals surface area (Å²) in [5.74, 6) is -2.74. The number of halogens is 3. The largest absolute Gasteiger partial charge is 0.352 e. The van der Waals surface area contributed by atoms with Gasteiger partial charge in [0, 0.05) is 6.54 Å². The van der Waals surface area contributed by atoms with Gasteiger partial charge in [0.05, 0.1) is 6.42 Å². The molecule has 0 aromatic heterocycles. The summed E-state index contributed by atoms with van der Waals surface area (Å²) in [6, 6.07) is 9.36. The minimum atomic E-state index is -0.967. The standard InChI is InChI=1S/C15H12F3NO/c16-12-4-2-1-3-11(12)8-15(20)19-9-10-5-6-13(17)14(18)7-10/h1-7H,8-9H2,(H,19,20). The van der Waals surface area contributed by atoms with Crippen LogP contribution in [-0.4, -0.2) is 5.91 Å². The Bertz CT molecular complexity index is 628. The first-order chi connectivity index (χ1) is 9.56. The van der Waals surface area contributed by atoms with Crippen LogP contribution in [0.1, 0.15) is 11.1 Å². The zero-order chi connectivity index (χ0) is 14.5. The Balaban J connectivity index is 1.92. The number of hydrogen-bond acceptors (Lipinski definition) is 1. The van der Waals surface area contributed by atoms with Crippen molar-refractivity contribution in [3.63, 3.8) is 0 Å². The molecule has 0 saturated heterocycles. The van der Waals surface area contributed by atoms with Crippen molar-refractivity contribution in [1.29, 1.82) is 0 Å². The number of amides is 1. The lowest BCUT2D eigenvalue weighted by atomic mass is 10.1. The van der Waals surface area contributed by atoms with E-state index in [4.69, 9.17) is 0 Å². The second kappa shape index (κ2) is 6.23. The van der Waals surface area contributed by atoms with Crippen LogP contribution in [0.15, 0.2) is 42.5 Å². The average molecular weight is 279 g/mol. The first kappa shape index (κ1) is 14.1. The van der Waals surface area contributed by atoms with Gasteiger partial charge in [-0.15, -0.1) is 0 Å². The molecule has 104 valence electrons. The summed E-state index contributed by atoms with van der Waals surface area (Å²) in [5, 5.41) is 2.53. The summed E-state index contributed by atoms with van der Waals surface area (Å²) < 4.78 is 39.0. The van der Waals surface area contributed by atoms with Gasteiger partial charge in [0.25, 0.3) is 0 Å². The highest BCUT2D eigenvalue weighted by Crippen LogP contribution is 2.09. The quantitative estimate of drug-likeness (QED) is 0.916. The van der Waals surface area contributed by atoms with Crippen molar-refractivity contribution >= 4 is 5.91 Å². The topological polar surface area (TPSA) is 29.1 Å². The molecule has 0 heterocycles. The summed E-state index contributed by atoms with van der Waals surface area (Å²) >= 11 is 0. The van der Waals surface area contributed by atoms with Crippen LogP contribution in [0.5, 0.6) is 0 Å². The zero-order valence-corrected chi connectivity index (χ0v) is 10.5. The SMILES string of the molecule is O=C(Cc1ccccc1F)NCc1ccc(F)c(F)c1. The van der Waals surface area contributed by atoms with Crippen molar-refractivity contribution < 1.29 is 18.0 Å². The molecule has 0 aliphatic heterocycles. The fourth-order valence-corrected chi connectivity index (χ4v) is 1.73. The Morgan fingerprint density at radius 3 is 2.40 bits per heavy atom. The molecule has 0 aliphatic carbocycles. The molecule has 20 heavy (non-hydrogen) atoms. The molecule has 2 aromatic carbocycles. The molecule has 0 saturated carbocycles. The van der Waals surface area contributed by atoms with Gasteiger partial charge in [0.1, 0.15) is 5.82 Å². The van der Waals surface area contributed by atoms with Gasteiger partial charge in [-0.05, 0) is 29.3 Å². The maximum atomic E-state index is 13.3. The van der Waals surface area contributed by atoms with Crippen molar-refractivity contribution in [3.05, 3.63) is 71.0 Å². The number of carbonyl (C=O) groups excluding carboxylic acids is 1. The molecule has 1 amide bonds. The van der Waals surface area contributed by atoms with Gasteiger partial charge in [0.15, 0.2) is 11.6 Å². The van der Waals surface area contributed by atoms with Crippen molar-refractivity contribution in [2.75, 3.05) is 0 Å². The van der Waals surface area contributed by atoms with Crippen LogP contribution in [0.4, 0.5) is 13.2 Å². The lowest BCUT2D eigenvalue weighted by molar-refractivity contribution is -0.120. The Morgan fingerprint density at radius 1 is 0.950 bits per heavy atom. The van der Waals surface area contributed by atoms with Crippen LogP contribution in [0.2, 0.25) is 0 Å². The normalized spacial score (nSPS) is 10.3. The van der Waals surface area contributed by atoms with Gasteiger partial charge in [-0.1, -0.05) is 24.3 Å². The number of rotatable bonds is 4. The van der Waals surface area contributed by atoms with E-state index in [1.165, 1.54) is 24.3 Å². The third-order valence-corrected chi connectivity index (χ3v) is 2.78. The lowest BCUT2D eigenvalue weighted by Crippen LogP contribution is -2.25. The maximum absolute atomic E-state index is 13.3. The predicted molar refractivity (Wildman–Crippen MR) is 68.3 cm³/mol. The van der Waals surface area contributed by atoms with E-state index >= 15 is 0 Å². The third kappa shape index (κ3) is 3.60. The van der Waals surface area contributed by atoms with E-state index < -0.39 is 17.5 Å². The molecule has 0 fully saturated rings. The molecule has 2 nitrogen and oxygen atoms in total. The molecule has 0 bridgehead atoms. The predicted octanol–water partition coefficient (Wildman–Crippen LogP) is 2.96. The van der Waals surface area contributed by atoms with Gasteiger partial charge >= 0.3 is 0 Å². The maximum Gasteiger partial charge on any atom is 0.224 e. The minimum Gasteiger partial charge on any atom is -0.352 e. The summed E-state index contributed by atoms with van der Waals surface area (Å²) in [4.78, 5) is 11.6. The zero-order valence-electron chi connectivity index (χ0n) is 10.5. The first-order valence-corrected chi connectivity index (χ1v) is 6.00. The van der Waals surface area contributed by atoms with Crippen LogP contribution in [0.25, 0.3) is 0 Å². The van der Waals surface area contributed by atoms with Crippen LogP contribution < -0.4 is 5.32 Å². The molecule has 0 spiro atoms. The average Bonchev–Trinajstić information content (AvgIpc) is 2.43. The molecule has 0 radical (unpaired) electrons. The van der Waals surface area contributed by atoms with Gasteiger partial charge in [0.2, 0.25) is 5.91 Å². The van der Waals surface area contributed by atoms with Crippen molar-refractivity contribution in [3.8, 4) is 0 Å². The summed E-state index contributed by atoms with van der Waals surface area (Å²) in [7, 11) is 0. The van der Waals surface area contributed by atoms with Crippen molar-refractivity contribution in [2.24, 2.45) is 0 Å². The molecule has 5 heteroatoms. The summed E-state index contributed by atoms with van der Waals surface area (Å²) in [6.07, 6.45) is -0.101. The smallest absolute Gasteiger partial charge is 0.224 e. The summed E-state index contributed by atoms with van der Waals surface area (Å²) in [5.41, 5.74) is 0.723. The van der Waals surface area contributed by atoms with Gasteiger partial charge in [-0.25, -0.2) is 13.2 Å². The van der Waals surface area contributed by atoms with E-state index in [1.807, 2.05) is 0 Å². The van der Waals surface area contributed by atoms with Gasteiger partial charge in [-0.2, -0.15) is 0 Å². The van der Waals surface area contributed by atoms with Crippen LogP contribution in [0.3, 0.4) is 0 Å². The Kier molecular flexibility index (Phi) is 4.40. The first-order valence-electron chi connectivity index (χ1n) is 6.00. The van der Waals surface area contributed by atoms with Crippen LogP contribution in [0, 0.1) is 17.5 Å². The van der Waals surface area contributed by atoms with Crippen LogP contribution in [-0.2, 0) is 17.8 Å². The second-order valence-corrected chi connectivity index (χ2v) is 4.29. The minimum absolute atomic E-state index is 0.0600. The fourth-order valence-electron chi connectivity index (χ4n) is 1.73. The molecule has 0 aliphatic rings. The number of benzene rings is 2. The van der Waals surface area contributed by atoms with Gasteiger partial charge in [-0.3, -0.25) is 4.79 Å². The van der Waals surface area contributed by atoms with Crippen LogP contribution >= 0.6 is 0 Å². The molecule has 0 atom stereocenters. The molecule has 2 aromatic rings. The monoisotopic (exact) mass is 279 g/mol. The Morgan fingerprint density at radius 2 is 1.70 bits per heavy atom. The highest BCUT2D eigenvalue weighted by molar-refractivity contribution is 5.78. The van der Waals surface area contributed by atoms with E-state index in [0.717, 1.165) is 12.1 Å². The van der Waals surface area contributed by atoms with E-state index in [-0.39, 0.29) is 24.4 Å². The highest BCUT2D eigenvalue weighted by atomic mass is 19.2. The third-order valence-electron chi connectivity index (χ3n) is 2.78. The molecular formula is C15H12F3NO. The number of hydrogen-bond donors (Lipinski definition) is 1. The van der Waals surface area contributed by atoms with E-state index in [2.05, 4.69) is 5.32 Å². The fraction of sp³-hybridized carbons (Fsp3) is 0.133. The van der Waals surface area contributed by atoms with Crippen molar-refractivity contribution in [1.82, 2.24) is 5.32 Å². The Hall–Kier alpha value is -2.30. The lowest BCUT2D eigenvalue weighted by Gasteiger charge is -2.06. The summed E-state index contributed by atoms with van der Waals surface area (Å²) in [6.45, 7) is 0.0600. The van der Waals surface area contributed by atoms with Crippen molar-refractivity contribution in [2.45, 2.75) is 13.0 Å². The van der Waals surface area contributed by atoms with E-state index in [1.54, 1.807) is 6.07 Å². The molecule has 0 unspecified atom stereocenters. The molecule has 2 rings (SSSR count). The van der Waals surface area contributed by atoms with Gasteiger partial charge < -0.3 is 5.32 Å². The Labute approximate surface area is 114 Å². The van der Waals surface area contributed by atoms with E-state index in [9.17, 15) is 18.0 Å².